The number of hydrogen-bond donors (Lipinski definition) is 2. The van der Waals surface area contributed by atoms with Gasteiger partial charge < -0.3 is 5.73 Å². The van der Waals surface area contributed by atoms with Crippen molar-refractivity contribution in [3.8, 4) is 0 Å². The maximum Gasteiger partial charge on any atom is 0.244 e. The number of anilines is 1. The van der Waals surface area contributed by atoms with Gasteiger partial charge in [-0.1, -0.05) is 37.0 Å². The Labute approximate surface area is 124 Å². The van der Waals surface area contributed by atoms with Gasteiger partial charge in [-0.15, -0.1) is 0 Å². The second-order valence-electron chi connectivity index (χ2n) is 4.68. The zero-order chi connectivity index (χ0) is 14.8. The molecule has 0 saturated carbocycles. The summed E-state index contributed by atoms with van der Waals surface area (Å²) in [5.74, 6) is 0. The maximum atomic E-state index is 12.4. The van der Waals surface area contributed by atoms with Crippen LogP contribution in [-0.4, -0.2) is 14.0 Å². The summed E-state index contributed by atoms with van der Waals surface area (Å²) < 4.78 is 27.5. The fourth-order valence-corrected chi connectivity index (χ4v) is 4.17. The van der Waals surface area contributed by atoms with Crippen molar-refractivity contribution >= 4 is 38.9 Å². The first-order valence-corrected chi connectivity index (χ1v) is 8.17. The third kappa shape index (κ3) is 3.75. The molecular weight excluding hydrogens is 307 g/mol. The molecule has 0 atom stereocenters. The standard InChI is InChI=1S/C12H18Cl2N2O2S/c1-4-12(3,5-2)16-19(17,18)11-9(14)6-8(13)7-10(11)15/h6-7,16H,4-5,15H2,1-3H3. The Kier molecular flexibility index (Phi) is 5.12. The molecule has 0 unspecified atom stereocenters. The highest BCUT2D eigenvalue weighted by Gasteiger charge is 2.30. The summed E-state index contributed by atoms with van der Waals surface area (Å²) in [6.45, 7) is 5.67. The number of nitrogens with one attached hydrogen (secondary N) is 1. The Morgan fingerprint density at radius 1 is 1.26 bits per heavy atom. The Bertz CT molecular complexity index is 546. The van der Waals surface area contributed by atoms with Gasteiger partial charge in [0, 0.05) is 10.6 Å². The molecule has 0 aliphatic carbocycles. The monoisotopic (exact) mass is 324 g/mol. The van der Waals surface area contributed by atoms with Crippen LogP contribution in [0, 0.1) is 0 Å². The molecule has 0 aromatic heterocycles. The van der Waals surface area contributed by atoms with Crippen LogP contribution in [0.4, 0.5) is 5.69 Å². The highest BCUT2D eigenvalue weighted by Crippen LogP contribution is 2.32. The number of halogens is 2. The van der Waals surface area contributed by atoms with Crippen LogP contribution < -0.4 is 10.5 Å². The largest absolute Gasteiger partial charge is 0.398 e. The molecule has 19 heavy (non-hydrogen) atoms. The minimum absolute atomic E-state index is 0.0204. The van der Waals surface area contributed by atoms with Crippen molar-refractivity contribution in [2.45, 2.75) is 44.0 Å². The lowest BCUT2D eigenvalue weighted by molar-refractivity contribution is 0.389. The van der Waals surface area contributed by atoms with Crippen molar-refractivity contribution in [3.05, 3.63) is 22.2 Å². The van der Waals surface area contributed by atoms with Gasteiger partial charge >= 0.3 is 0 Å². The summed E-state index contributed by atoms with van der Waals surface area (Å²) in [6.07, 6.45) is 1.32. The van der Waals surface area contributed by atoms with Crippen LogP contribution in [0.2, 0.25) is 10.0 Å². The van der Waals surface area contributed by atoms with Gasteiger partial charge in [0.2, 0.25) is 10.0 Å². The van der Waals surface area contributed by atoms with E-state index in [1.54, 1.807) is 0 Å². The lowest BCUT2D eigenvalue weighted by Gasteiger charge is -2.28. The molecule has 7 heteroatoms. The van der Waals surface area contributed by atoms with Crippen molar-refractivity contribution in [1.82, 2.24) is 4.72 Å². The minimum atomic E-state index is -3.79. The van der Waals surface area contributed by atoms with Crippen LogP contribution in [-0.2, 0) is 10.0 Å². The molecule has 1 aromatic carbocycles. The van der Waals surface area contributed by atoms with Crippen LogP contribution in [0.5, 0.6) is 0 Å². The number of rotatable bonds is 5. The third-order valence-corrected chi connectivity index (χ3v) is 5.63. The molecule has 0 amide bonds. The molecule has 1 rings (SSSR count). The van der Waals surface area contributed by atoms with E-state index in [0.29, 0.717) is 17.9 Å². The van der Waals surface area contributed by atoms with Crippen molar-refractivity contribution in [2.24, 2.45) is 0 Å². The zero-order valence-corrected chi connectivity index (χ0v) is 13.5. The Balaban J connectivity index is 3.29. The molecule has 3 N–H and O–H groups in total. The Hall–Kier alpha value is -0.490. The van der Waals surface area contributed by atoms with Crippen LogP contribution >= 0.6 is 23.2 Å². The molecule has 1 aromatic rings. The van der Waals surface area contributed by atoms with Crippen molar-refractivity contribution in [2.75, 3.05) is 5.73 Å². The summed E-state index contributed by atoms with van der Waals surface area (Å²) in [4.78, 5) is -0.119. The van der Waals surface area contributed by atoms with Gasteiger partial charge in [-0.3, -0.25) is 0 Å². The van der Waals surface area contributed by atoms with Gasteiger partial charge in [0.05, 0.1) is 10.7 Å². The van der Waals surface area contributed by atoms with Gasteiger partial charge in [-0.2, -0.15) is 0 Å². The van der Waals surface area contributed by atoms with E-state index >= 15 is 0 Å². The number of benzene rings is 1. The molecule has 0 fully saturated rings. The lowest BCUT2D eigenvalue weighted by Crippen LogP contribution is -2.45. The summed E-state index contributed by atoms with van der Waals surface area (Å²) in [6, 6.07) is 2.74. The average molecular weight is 325 g/mol. The molecule has 0 bridgehead atoms. The molecule has 0 radical (unpaired) electrons. The van der Waals surface area contributed by atoms with Crippen LogP contribution in [0.25, 0.3) is 0 Å². The predicted molar refractivity (Wildman–Crippen MR) is 80.2 cm³/mol. The van der Waals surface area contributed by atoms with Crippen LogP contribution in [0.3, 0.4) is 0 Å². The maximum absolute atomic E-state index is 12.4. The lowest BCUT2D eigenvalue weighted by atomic mass is 9.98. The van der Waals surface area contributed by atoms with Crippen molar-refractivity contribution in [1.29, 1.82) is 0 Å². The van der Waals surface area contributed by atoms with Gasteiger partial charge in [0.1, 0.15) is 4.90 Å². The van der Waals surface area contributed by atoms with Crippen molar-refractivity contribution < 1.29 is 8.42 Å². The van der Waals surface area contributed by atoms with Crippen molar-refractivity contribution in [3.63, 3.8) is 0 Å². The minimum Gasteiger partial charge on any atom is -0.398 e. The average Bonchev–Trinajstić information content (AvgIpc) is 2.26. The molecule has 0 aliphatic rings. The Morgan fingerprint density at radius 2 is 1.79 bits per heavy atom. The van der Waals surface area contributed by atoms with Gasteiger partial charge in [-0.25, -0.2) is 13.1 Å². The molecule has 0 heterocycles. The zero-order valence-electron chi connectivity index (χ0n) is 11.1. The van der Waals surface area contributed by atoms with E-state index in [4.69, 9.17) is 28.9 Å². The molecular formula is C12H18Cl2N2O2S. The second-order valence-corrected chi connectivity index (χ2v) is 7.14. The van der Waals surface area contributed by atoms with E-state index in [1.807, 2.05) is 20.8 Å². The predicted octanol–water partition coefficient (Wildman–Crippen LogP) is 3.43. The Morgan fingerprint density at radius 3 is 2.21 bits per heavy atom. The fourth-order valence-electron chi connectivity index (χ4n) is 1.63. The first-order valence-electron chi connectivity index (χ1n) is 5.93. The van der Waals surface area contributed by atoms with E-state index in [9.17, 15) is 8.42 Å². The number of hydrogen-bond acceptors (Lipinski definition) is 3. The molecule has 0 saturated heterocycles. The number of nitrogen functional groups attached to an aromatic ring is 1. The van der Waals surface area contributed by atoms with Crippen LogP contribution in [0.15, 0.2) is 17.0 Å². The highest BCUT2D eigenvalue weighted by atomic mass is 35.5. The van der Waals surface area contributed by atoms with E-state index in [1.165, 1.54) is 12.1 Å². The first-order chi connectivity index (χ1) is 8.65. The molecule has 4 nitrogen and oxygen atoms in total. The normalized spacial score (nSPS) is 12.7. The quantitative estimate of drug-likeness (QED) is 0.815. The molecule has 0 spiro atoms. The van der Waals surface area contributed by atoms with Crippen LogP contribution in [0.1, 0.15) is 33.6 Å². The third-order valence-electron chi connectivity index (χ3n) is 3.25. The smallest absolute Gasteiger partial charge is 0.244 e. The topological polar surface area (TPSA) is 72.2 Å². The molecule has 108 valence electrons. The van der Waals surface area contributed by atoms with E-state index < -0.39 is 15.6 Å². The number of nitrogens with two attached hydrogens (primary N) is 1. The summed E-state index contributed by atoms with van der Waals surface area (Å²) in [5, 5.41) is 0.322. The van der Waals surface area contributed by atoms with Gasteiger partial charge in [0.25, 0.3) is 0 Å². The number of sulfonamides is 1. The van der Waals surface area contributed by atoms with Gasteiger partial charge in [0.15, 0.2) is 0 Å². The fraction of sp³-hybridized carbons (Fsp3) is 0.500. The SMILES string of the molecule is CCC(C)(CC)NS(=O)(=O)c1c(N)cc(Cl)cc1Cl. The second kappa shape index (κ2) is 5.87. The van der Waals surface area contributed by atoms with Gasteiger partial charge in [-0.05, 0) is 31.9 Å². The summed E-state index contributed by atoms with van der Waals surface area (Å²) in [7, 11) is -3.79. The molecule has 0 aliphatic heterocycles. The first kappa shape index (κ1) is 16.6. The highest BCUT2D eigenvalue weighted by molar-refractivity contribution is 7.89. The summed E-state index contributed by atoms with van der Waals surface area (Å²) >= 11 is 11.7. The van der Waals surface area contributed by atoms with E-state index in [0.717, 1.165) is 0 Å². The van der Waals surface area contributed by atoms with E-state index in [2.05, 4.69) is 4.72 Å². The van der Waals surface area contributed by atoms with E-state index in [-0.39, 0.29) is 15.6 Å². The summed E-state index contributed by atoms with van der Waals surface area (Å²) in [5.41, 5.74) is 5.23.